The number of aryl methyl sites for hydroxylation is 1. The van der Waals surface area contributed by atoms with Gasteiger partial charge in [0.2, 0.25) is 0 Å². The molecule has 152 valence electrons. The highest BCUT2D eigenvalue weighted by molar-refractivity contribution is 5.42. The van der Waals surface area contributed by atoms with Crippen molar-refractivity contribution < 1.29 is 19.3 Å². The van der Waals surface area contributed by atoms with Gasteiger partial charge >= 0.3 is 0 Å². The Morgan fingerprint density at radius 1 is 1.18 bits per heavy atom. The Bertz CT molecular complexity index is 841. The van der Waals surface area contributed by atoms with Crippen LogP contribution >= 0.6 is 0 Å². The highest BCUT2D eigenvalue weighted by Crippen LogP contribution is 2.33. The summed E-state index contributed by atoms with van der Waals surface area (Å²) in [4.78, 5) is 15.5. The normalized spacial score (nSPS) is 16.1. The standard InChI is InChI=1S/C21H28N2O5/c1-15-14-18(24)19(21(25)23(15)10-11-26-2)20(22-8-12-28-13-9-22)16-4-6-17(27-3)7-5-16/h4-7,14,20,24H,8-13H2,1-3H3/t20-/m1/s1. The van der Waals surface area contributed by atoms with Crippen molar-refractivity contribution in [2.75, 3.05) is 47.1 Å². The zero-order chi connectivity index (χ0) is 20.1. The highest BCUT2D eigenvalue weighted by atomic mass is 16.5. The fourth-order valence-electron chi connectivity index (χ4n) is 3.67. The summed E-state index contributed by atoms with van der Waals surface area (Å²) in [5, 5.41) is 10.8. The van der Waals surface area contributed by atoms with E-state index >= 15 is 0 Å². The van der Waals surface area contributed by atoms with E-state index in [2.05, 4.69) is 4.90 Å². The molecule has 28 heavy (non-hydrogen) atoms. The van der Waals surface area contributed by atoms with Gasteiger partial charge in [-0.25, -0.2) is 0 Å². The molecule has 0 saturated carbocycles. The lowest BCUT2D eigenvalue weighted by Crippen LogP contribution is -2.42. The summed E-state index contributed by atoms with van der Waals surface area (Å²) in [5.74, 6) is 0.763. The van der Waals surface area contributed by atoms with Crippen molar-refractivity contribution in [3.63, 3.8) is 0 Å². The van der Waals surface area contributed by atoms with Gasteiger partial charge in [0, 0.05) is 32.4 Å². The van der Waals surface area contributed by atoms with Crippen LogP contribution in [0.3, 0.4) is 0 Å². The van der Waals surface area contributed by atoms with E-state index in [4.69, 9.17) is 14.2 Å². The lowest BCUT2D eigenvalue weighted by molar-refractivity contribution is 0.0232. The zero-order valence-electron chi connectivity index (χ0n) is 16.7. The number of methoxy groups -OCH3 is 2. The van der Waals surface area contributed by atoms with Crippen LogP contribution in [0.5, 0.6) is 11.5 Å². The molecule has 2 aromatic rings. The van der Waals surface area contributed by atoms with Gasteiger partial charge in [-0.05, 0) is 30.7 Å². The van der Waals surface area contributed by atoms with Gasteiger partial charge in [0.1, 0.15) is 11.5 Å². The van der Waals surface area contributed by atoms with Crippen LogP contribution in [0.15, 0.2) is 35.1 Å². The third-order valence-electron chi connectivity index (χ3n) is 5.16. The minimum atomic E-state index is -0.364. The van der Waals surface area contributed by atoms with Crippen LogP contribution in [0.4, 0.5) is 0 Å². The molecule has 0 bridgehead atoms. The molecule has 1 atom stereocenters. The molecule has 0 radical (unpaired) electrons. The van der Waals surface area contributed by atoms with E-state index in [9.17, 15) is 9.90 Å². The molecule has 1 aliphatic heterocycles. The van der Waals surface area contributed by atoms with E-state index in [-0.39, 0.29) is 17.4 Å². The van der Waals surface area contributed by atoms with Gasteiger partial charge in [-0.2, -0.15) is 0 Å². The first-order chi connectivity index (χ1) is 13.6. The summed E-state index contributed by atoms with van der Waals surface area (Å²) in [6, 6.07) is 8.92. The molecular formula is C21H28N2O5. The molecule has 1 fully saturated rings. The van der Waals surface area contributed by atoms with Crippen molar-refractivity contribution >= 4 is 0 Å². The van der Waals surface area contributed by atoms with Gasteiger partial charge in [-0.1, -0.05) is 12.1 Å². The minimum Gasteiger partial charge on any atom is -0.507 e. The van der Waals surface area contributed by atoms with Gasteiger partial charge in [-0.15, -0.1) is 0 Å². The molecule has 1 saturated heterocycles. The molecule has 1 aromatic carbocycles. The highest BCUT2D eigenvalue weighted by Gasteiger charge is 2.30. The number of aromatic nitrogens is 1. The number of nitrogens with zero attached hydrogens (tertiary/aromatic N) is 2. The number of aromatic hydroxyl groups is 1. The molecule has 3 rings (SSSR count). The van der Waals surface area contributed by atoms with Gasteiger partial charge in [0.05, 0.1) is 38.5 Å². The first-order valence-electron chi connectivity index (χ1n) is 9.44. The predicted molar refractivity (Wildman–Crippen MR) is 106 cm³/mol. The summed E-state index contributed by atoms with van der Waals surface area (Å²) < 4.78 is 17.6. The monoisotopic (exact) mass is 388 g/mol. The first kappa shape index (κ1) is 20.4. The molecule has 1 aromatic heterocycles. The first-order valence-corrected chi connectivity index (χ1v) is 9.44. The van der Waals surface area contributed by atoms with Crippen LogP contribution in [-0.4, -0.2) is 61.7 Å². The average Bonchev–Trinajstić information content (AvgIpc) is 2.71. The molecule has 2 heterocycles. The van der Waals surface area contributed by atoms with Crippen LogP contribution in [-0.2, 0) is 16.0 Å². The number of hydrogen-bond acceptors (Lipinski definition) is 6. The van der Waals surface area contributed by atoms with Crippen LogP contribution in [0, 0.1) is 6.92 Å². The topological polar surface area (TPSA) is 73.2 Å². The van der Waals surface area contributed by atoms with E-state index in [1.807, 2.05) is 31.2 Å². The van der Waals surface area contributed by atoms with Crippen molar-refractivity contribution in [3.8, 4) is 11.5 Å². The van der Waals surface area contributed by atoms with E-state index < -0.39 is 0 Å². The number of rotatable bonds is 7. The summed E-state index contributed by atoms with van der Waals surface area (Å²) in [6.45, 7) is 5.23. The van der Waals surface area contributed by atoms with E-state index in [0.717, 1.165) is 11.3 Å². The van der Waals surface area contributed by atoms with Gasteiger partial charge in [0.25, 0.3) is 5.56 Å². The third-order valence-corrected chi connectivity index (χ3v) is 5.16. The Morgan fingerprint density at radius 3 is 2.46 bits per heavy atom. The fraction of sp³-hybridized carbons (Fsp3) is 0.476. The minimum absolute atomic E-state index is 0.0171. The quantitative estimate of drug-likeness (QED) is 0.782. The maximum Gasteiger partial charge on any atom is 0.259 e. The largest absolute Gasteiger partial charge is 0.507 e. The van der Waals surface area contributed by atoms with Crippen LogP contribution in [0.1, 0.15) is 22.9 Å². The smallest absolute Gasteiger partial charge is 0.259 e. The Kier molecular flexibility index (Phi) is 6.72. The molecule has 7 nitrogen and oxygen atoms in total. The lowest BCUT2D eigenvalue weighted by Gasteiger charge is -2.35. The molecular weight excluding hydrogens is 360 g/mol. The molecule has 1 aliphatic rings. The van der Waals surface area contributed by atoms with Gasteiger partial charge in [-0.3, -0.25) is 9.69 Å². The molecule has 0 amide bonds. The number of ether oxygens (including phenoxy) is 3. The lowest BCUT2D eigenvalue weighted by atomic mass is 9.96. The number of morpholine rings is 1. The van der Waals surface area contributed by atoms with Crippen molar-refractivity contribution in [3.05, 3.63) is 57.5 Å². The number of benzene rings is 1. The second-order valence-electron chi connectivity index (χ2n) is 6.86. The predicted octanol–water partition coefficient (Wildman–Crippen LogP) is 1.94. The molecule has 1 N–H and O–H groups in total. The molecule has 0 spiro atoms. The maximum absolute atomic E-state index is 13.4. The van der Waals surface area contributed by atoms with E-state index in [1.54, 1.807) is 24.9 Å². The molecule has 7 heteroatoms. The van der Waals surface area contributed by atoms with Crippen LogP contribution < -0.4 is 10.3 Å². The van der Waals surface area contributed by atoms with Crippen molar-refractivity contribution in [2.45, 2.75) is 19.5 Å². The average molecular weight is 388 g/mol. The maximum atomic E-state index is 13.4. The zero-order valence-corrected chi connectivity index (χ0v) is 16.7. The fourth-order valence-corrected chi connectivity index (χ4v) is 3.67. The Morgan fingerprint density at radius 2 is 1.86 bits per heavy atom. The van der Waals surface area contributed by atoms with E-state index in [0.29, 0.717) is 50.7 Å². The Balaban J connectivity index is 2.12. The summed E-state index contributed by atoms with van der Waals surface area (Å²) in [5.41, 5.74) is 1.83. The molecule has 0 aliphatic carbocycles. The molecule has 0 unspecified atom stereocenters. The van der Waals surface area contributed by atoms with E-state index in [1.165, 1.54) is 0 Å². The van der Waals surface area contributed by atoms with Crippen molar-refractivity contribution in [1.82, 2.24) is 9.47 Å². The second kappa shape index (κ2) is 9.23. The van der Waals surface area contributed by atoms with Crippen molar-refractivity contribution in [2.24, 2.45) is 0 Å². The summed E-state index contributed by atoms with van der Waals surface area (Å²) in [6.07, 6.45) is 0. The van der Waals surface area contributed by atoms with Crippen LogP contribution in [0.2, 0.25) is 0 Å². The summed E-state index contributed by atoms with van der Waals surface area (Å²) in [7, 11) is 3.23. The summed E-state index contributed by atoms with van der Waals surface area (Å²) >= 11 is 0. The van der Waals surface area contributed by atoms with Crippen molar-refractivity contribution in [1.29, 1.82) is 0 Å². The number of hydrogen-bond donors (Lipinski definition) is 1. The second-order valence-corrected chi connectivity index (χ2v) is 6.86. The van der Waals surface area contributed by atoms with Gasteiger partial charge < -0.3 is 23.9 Å². The number of pyridine rings is 1. The third kappa shape index (κ3) is 4.22. The SMILES string of the molecule is COCCn1c(C)cc(O)c([C@@H](c2ccc(OC)cc2)N2CCOCC2)c1=O. The van der Waals surface area contributed by atoms with Crippen LogP contribution in [0.25, 0.3) is 0 Å². The Hall–Kier alpha value is -2.35. The van der Waals surface area contributed by atoms with Gasteiger partial charge in [0.15, 0.2) is 0 Å². The Labute approximate surface area is 165 Å².